The molecular weight excluding hydrogens is 378 g/mol. The zero-order valence-corrected chi connectivity index (χ0v) is 17.2. The summed E-state index contributed by atoms with van der Waals surface area (Å²) in [5, 5.41) is 3.21. The van der Waals surface area contributed by atoms with Gasteiger partial charge in [0.15, 0.2) is 5.96 Å². The lowest BCUT2D eigenvalue weighted by molar-refractivity contribution is -0.119. The minimum atomic E-state index is -3.41. The van der Waals surface area contributed by atoms with Crippen LogP contribution in [-0.4, -0.2) is 57.1 Å². The van der Waals surface area contributed by atoms with Gasteiger partial charge in [0.05, 0.1) is 12.3 Å². The summed E-state index contributed by atoms with van der Waals surface area (Å²) in [7, 11) is -3.41. The first-order valence-electron chi connectivity index (χ1n) is 9.72. The Labute approximate surface area is 167 Å². The molecule has 1 aromatic carbocycles. The van der Waals surface area contributed by atoms with E-state index < -0.39 is 10.0 Å². The number of primary amides is 1. The second-order valence-electron chi connectivity index (χ2n) is 6.99. The van der Waals surface area contributed by atoms with E-state index in [0.717, 1.165) is 24.9 Å². The van der Waals surface area contributed by atoms with Crippen molar-refractivity contribution in [2.75, 3.05) is 31.9 Å². The Morgan fingerprint density at radius 2 is 2.07 bits per heavy atom. The SMILES string of the molecule is CCNC(=NCCS(=O)(=O)NCc1ccccc1)N1CCCC(CC(N)=O)C1. The molecule has 1 heterocycles. The van der Waals surface area contributed by atoms with Crippen molar-refractivity contribution in [3.05, 3.63) is 35.9 Å². The maximum Gasteiger partial charge on any atom is 0.217 e. The molecule has 1 unspecified atom stereocenters. The van der Waals surface area contributed by atoms with E-state index in [2.05, 4.69) is 19.9 Å². The van der Waals surface area contributed by atoms with Crippen LogP contribution in [-0.2, 0) is 21.4 Å². The van der Waals surface area contributed by atoms with Crippen LogP contribution in [0.15, 0.2) is 35.3 Å². The topological polar surface area (TPSA) is 117 Å². The Balaban J connectivity index is 1.89. The van der Waals surface area contributed by atoms with Crippen molar-refractivity contribution < 1.29 is 13.2 Å². The number of nitrogens with zero attached hydrogens (tertiary/aromatic N) is 2. The van der Waals surface area contributed by atoms with Crippen LogP contribution in [0.1, 0.15) is 31.7 Å². The van der Waals surface area contributed by atoms with E-state index in [1.165, 1.54) is 0 Å². The minimum absolute atomic E-state index is 0.0761. The number of guanidine groups is 1. The number of aliphatic imine (C=N–C) groups is 1. The molecule has 4 N–H and O–H groups in total. The highest BCUT2D eigenvalue weighted by atomic mass is 32.2. The Hall–Kier alpha value is -2.13. The number of nitrogens with one attached hydrogen (secondary N) is 2. The molecule has 0 radical (unpaired) electrons. The van der Waals surface area contributed by atoms with Crippen LogP contribution < -0.4 is 15.8 Å². The largest absolute Gasteiger partial charge is 0.370 e. The average Bonchev–Trinajstić information content (AvgIpc) is 2.66. The molecule has 0 spiro atoms. The number of carbonyl (C=O) groups is 1. The molecule has 1 atom stereocenters. The van der Waals surface area contributed by atoms with Gasteiger partial charge in [-0.3, -0.25) is 9.79 Å². The Bertz CT molecular complexity index is 752. The lowest BCUT2D eigenvalue weighted by Crippen LogP contribution is -2.47. The number of benzene rings is 1. The summed E-state index contributed by atoms with van der Waals surface area (Å²) in [5.74, 6) is 0.540. The number of piperidine rings is 1. The Morgan fingerprint density at radius 1 is 1.32 bits per heavy atom. The van der Waals surface area contributed by atoms with Crippen LogP contribution >= 0.6 is 0 Å². The molecule has 156 valence electrons. The summed E-state index contributed by atoms with van der Waals surface area (Å²) in [6, 6.07) is 9.40. The van der Waals surface area contributed by atoms with Crippen molar-refractivity contribution in [3.8, 4) is 0 Å². The first-order chi connectivity index (χ1) is 13.4. The molecule has 9 heteroatoms. The van der Waals surface area contributed by atoms with Crippen molar-refractivity contribution >= 4 is 21.9 Å². The maximum atomic E-state index is 12.2. The van der Waals surface area contributed by atoms with Crippen molar-refractivity contribution in [1.82, 2.24) is 14.9 Å². The molecule has 0 aliphatic carbocycles. The first kappa shape index (κ1) is 22.2. The van der Waals surface area contributed by atoms with Crippen LogP contribution in [0.5, 0.6) is 0 Å². The van der Waals surface area contributed by atoms with Gasteiger partial charge in [-0.25, -0.2) is 13.1 Å². The summed E-state index contributed by atoms with van der Waals surface area (Å²) in [6.07, 6.45) is 2.30. The van der Waals surface area contributed by atoms with Gasteiger partial charge in [0.2, 0.25) is 15.9 Å². The van der Waals surface area contributed by atoms with E-state index in [9.17, 15) is 13.2 Å². The Morgan fingerprint density at radius 3 is 2.75 bits per heavy atom. The molecule has 1 aliphatic rings. The number of amides is 1. The van der Waals surface area contributed by atoms with Gasteiger partial charge in [0.25, 0.3) is 0 Å². The lowest BCUT2D eigenvalue weighted by Gasteiger charge is -2.34. The number of sulfonamides is 1. The zero-order valence-electron chi connectivity index (χ0n) is 16.4. The fourth-order valence-corrected chi connectivity index (χ4v) is 4.13. The molecule has 1 amide bonds. The fraction of sp³-hybridized carbons (Fsp3) is 0.579. The van der Waals surface area contributed by atoms with Gasteiger partial charge in [-0.15, -0.1) is 0 Å². The molecule has 1 saturated heterocycles. The van der Waals surface area contributed by atoms with Gasteiger partial charge in [0, 0.05) is 32.6 Å². The third-order valence-corrected chi connectivity index (χ3v) is 5.91. The molecule has 1 fully saturated rings. The van der Waals surface area contributed by atoms with Crippen molar-refractivity contribution in [2.45, 2.75) is 32.7 Å². The molecular formula is C19H31N5O3S. The summed E-state index contributed by atoms with van der Waals surface area (Å²) < 4.78 is 27.1. The predicted molar refractivity (Wildman–Crippen MR) is 111 cm³/mol. The van der Waals surface area contributed by atoms with Crippen LogP contribution in [0.25, 0.3) is 0 Å². The number of hydrogen-bond acceptors (Lipinski definition) is 4. The second-order valence-corrected chi connectivity index (χ2v) is 8.91. The number of likely N-dealkylation sites (tertiary alicyclic amines) is 1. The smallest absolute Gasteiger partial charge is 0.217 e. The van der Waals surface area contributed by atoms with Gasteiger partial charge < -0.3 is 16.0 Å². The molecule has 8 nitrogen and oxygen atoms in total. The van der Waals surface area contributed by atoms with E-state index in [1.54, 1.807) is 0 Å². The predicted octanol–water partition coefficient (Wildman–Crippen LogP) is 0.659. The van der Waals surface area contributed by atoms with E-state index in [0.29, 0.717) is 25.5 Å². The third-order valence-electron chi connectivity index (χ3n) is 4.60. The number of nitrogens with two attached hydrogens (primary N) is 1. The van der Waals surface area contributed by atoms with Crippen LogP contribution in [0.4, 0.5) is 0 Å². The highest BCUT2D eigenvalue weighted by molar-refractivity contribution is 7.89. The summed E-state index contributed by atoms with van der Waals surface area (Å²) in [4.78, 5) is 17.8. The highest BCUT2D eigenvalue weighted by Crippen LogP contribution is 2.19. The Kier molecular flexibility index (Phi) is 8.72. The van der Waals surface area contributed by atoms with E-state index in [4.69, 9.17) is 5.73 Å². The fourth-order valence-electron chi connectivity index (χ4n) is 3.27. The van der Waals surface area contributed by atoms with Crippen molar-refractivity contribution in [3.63, 3.8) is 0 Å². The lowest BCUT2D eigenvalue weighted by atomic mass is 9.95. The number of hydrogen-bond donors (Lipinski definition) is 3. The highest BCUT2D eigenvalue weighted by Gasteiger charge is 2.23. The first-order valence-corrected chi connectivity index (χ1v) is 11.4. The van der Waals surface area contributed by atoms with Gasteiger partial charge in [-0.05, 0) is 31.2 Å². The van der Waals surface area contributed by atoms with E-state index in [1.807, 2.05) is 37.3 Å². The van der Waals surface area contributed by atoms with Crippen LogP contribution in [0.3, 0.4) is 0 Å². The van der Waals surface area contributed by atoms with E-state index >= 15 is 0 Å². The second kappa shape index (κ2) is 11.0. The van der Waals surface area contributed by atoms with Gasteiger partial charge >= 0.3 is 0 Å². The van der Waals surface area contributed by atoms with Crippen molar-refractivity contribution in [1.29, 1.82) is 0 Å². The van der Waals surface area contributed by atoms with Crippen molar-refractivity contribution in [2.24, 2.45) is 16.6 Å². The third kappa shape index (κ3) is 7.85. The molecule has 1 aromatic rings. The van der Waals surface area contributed by atoms with Gasteiger partial charge in [-0.2, -0.15) is 0 Å². The molecule has 1 aliphatic heterocycles. The summed E-state index contributed by atoms with van der Waals surface area (Å²) in [5.41, 5.74) is 6.24. The van der Waals surface area contributed by atoms with Gasteiger partial charge in [-0.1, -0.05) is 30.3 Å². The maximum absolute atomic E-state index is 12.2. The number of rotatable bonds is 9. The summed E-state index contributed by atoms with van der Waals surface area (Å²) >= 11 is 0. The molecule has 28 heavy (non-hydrogen) atoms. The molecule has 0 bridgehead atoms. The van der Waals surface area contributed by atoms with Crippen LogP contribution in [0.2, 0.25) is 0 Å². The normalized spacial score (nSPS) is 18.1. The quantitative estimate of drug-likeness (QED) is 0.409. The number of carbonyl (C=O) groups excluding carboxylic acids is 1. The standard InChI is InChI=1S/C19H31N5O3S/c1-2-21-19(24-11-6-9-17(15-24)13-18(20)25)22-10-12-28(26,27)23-14-16-7-4-3-5-8-16/h3-5,7-8,17,23H,2,6,9-15H2,1H3,(H2,20,25)(H,21,22). The van der Waals surface area contributed by atoms with E-state index in [-0.39, 0.29) is 30.7 Å². The minimum Gasteiger partial charge on any atom is -0.370 e. The zero-order chi connectivity index (χ0) is 20.4. The average molecular weight is 410 g/mol. The van der Waals surface area contributed by atoms with Gasteiger partial charge in [0.1, 0.15) is 0 Å². The molecule has 0 aromatic heterocycles. The van der Waals surface area contributed by atoms with Crippen LogP contribution in [0, 0.1) is 5.92 Å². The molecule has 0 saturated carbocycles. The monoisotopic (exact) mass is 409 g/mol. The summed E-state index contributed by atoms with van der Waals surface area (Å²) in [6.45, 7) is 4.64. The molecule has 2 rings (SSSR count).